The molecule has 4 aromatic rings. The minimum absolute atomic E-state index is 0.971. The van der Waals surface area contributed by atoms with Crippen molar-refractivity contribution in [3.05, 3.63) is 60.2 Å². The number of nitrogens with zero attached hydrogens (tertiary/aromatic N) is 3. The smallest absolute Gasteiger partial charge is 0.217 e. The van der Waals surface area contributed by atoms with Gasteiger partial charge in [-0.15, -0.1) is 10.2 Å². The molecule has 0 bridgehead atoms. The number of fused-ring (bicyclic) bond motifs is 3. The van der Waals surface area contributed by atoms with E-state index in [-0.39, 0.29) is 0 Å². The van der Waals surface area contributed by atoms with Crippen molar-refractivity contribution in [3.8, 4) is 0 Å². The predicted molar refractivity (Wildman–Crippen MR) is 89.2 cm³/mol. The Morgan fingerprint density at radius 1 is 0.952 bits per heavy atom. The fourth-order valence-corrected chi connectivity index (χ4v) is 4.31. The molecule has 0 N–H and O–H groups in total. The summed E-state index contributed by atoms with van der Waals surface area (Å²) in [6, 6.07) is 18.9. The first-order valence-electron chi connectivity index (χ1n) is 6.81. The van der Waals surface area contributed by atoms with E-state index in [2.05, 4.69) is 69.2 Å². The number of benzene rings is 2. The summed E-state index contributed by atoms with van der Waals surface area (Å²) in [5.41, 5.74) is 2.56. The number of thiazole rings is 1. The first-order valence-corrected chi connectivity index (χ1v) is 8.61. The normalized spacial score (nSPS) is 11.4. The Bertz CT molecular complexity index is 880. The van der Waals surface area contributed by atoms with Crippen LogP contribution in [0, 0.1) is 0 Å². The van der Waals surface area contributed by atoms with Gasteiger partial charge in [0.15, 0.2) is 5.16 Å². The zero-order valence-corrected chi connectivity index (χ0v) is 12.9. The van der Waals surface area contributed by atoms with Gasteiger partial charge < -0.3 is 0 Å². The average Bonchev–Trinajstić information content (AvgIpc) is 3.08. The summed E-state index contributed by atoms with van der Waals surface area (Å²) in [6.45, 7) is 0. The Morgan fingerprint density at radius 3 is 2.67 bits per heavy atom. The summed E-state index contributed by atoms with van der Waals surface area (Å²) in [7, 11) is 0. The summed E-state index contributed by atoms with van der Waals surface area (Å²) in [6.07, 6.45) is 1.04. The molecule has 0 radical (unpaired) electrons. The number of rotatable bonds is 4. The van der Waals surface area contributed by atoms with Crippen molar-refractivity contribution in [1.82, 2.24) is 14.6 Å². The maximum atomic E-state index is 4.32. The second-order valence-electron chi connectivity index (χ2n) is 4.75. The van der Waals surface area contributed by atoms with E-state index >= 15 is 0 Å². The predicted octanol–water partition coefficient (Wildman–Crippen LogP) is 4.28. The highest BCUT2D eigenvalue weighted by Gasteiger charge is 2.12. The number of para-hydroxylation sites is 1. The molecule has 0 aliphatic heterocycles. The molecule has 5 heteroatoms. The van der Waals surface area contributed by atoms with Crippen molar-refractivity contribution >= 4 is 38.3 Å². The quantitative estimate of drug-likeness (QED) is 0.527. The average molecular weight is 311 g/mol. The van der Waals surface area contributed by atoms with E-state index in [4.69, 9.17) is 0 Å². The first kappa shape index (κ1) is 12.9. The molecule has 2 aromatic heterocycles. The Hall–Kier alpha value is -1.85. The molecule has 0 amide bonds. The monoisotopic (exact) mass is 311 g/mol. The standard InChI is InChI=1S/C16H13N3S2/c1-2-6-12(7-3-1)10-11-20-15-17-18-16-19(15)13-8-4-5-9-14(13)21-16/h1-9H,10-11H2. The van der Waals surface area contributed by atoms with Crippen LogP contribution in [-0.4, -0.2) is 20.4 Å². The van der Waals surface area contributed by atoms with Crippen LogP contribution in [0.2, 0.25) is 0 Å². The van der Waals surface area contributed by atoms with Crippen LogP contribution in [0.4, 0.5) is 0 Å². The second kappa shape index (κ2) is 5.50. The van der Waals surface area contributed by atoms with Crippen LogP contribution in [-0.2, 0) is 6.42 Å². The van der Waals surface area contributed by atoms with E-state index in [9.17, 15) is 0 Å². The summed E-state index contributed by atoms with van der Waals surface area (Å²) >= 11 is 3.46. The van der Waals surface area contributed by atoms with Gasteiger partial charge in [-0.3, -0.25) is 4.40 Å². The molecule has 0 saturated carbocycles. The van der Waals surface area contributed by atoms with Gasteiger partial charge in [0.05, 0.1) is 10.2 Å². The van der Waals surface area contributed by atoms with E-state index < -0.39 is 0 Å². The van der Waals surface area contributed by atoms with Crippen molar-refractivity contribution in [2.75, 3.05) is 5.75 Å². The molecule has 21 heavy (non-hydrogen) atoms. The molecule has 3 nitrogen and oxygen atoms in total. The highest BCUT2D eigenvalue weighted by atomic mass is 32.2. The Morgan fingerprint density at radius 2 is 1.76 bits per heavy atom. The number of aryl methyl sites for hydroxylation is 1. The third-order valence-corrected chi connectivity index (χ3v) is 5.32. The molecule has 4 rings (SSSR count). The van der Waals surface area contributed by atoms with Gasteiger partial charge in [-0.25, -0.2) is 0 Å². The number of aromatic nitrogens is 3. The molecule has 0 saturated heterocycles. The minimum Gasteiger partial charge on any atom is -0.260 e. The Labute approximate surface area is 130 Å². The van der Waals surface area contributed by atoms with E-state index in [1.807, 2.05) is 0 Å². The van der Waals surface area contributed by atoms with Crippen LogP contribution < -0.4 is 0 Å². The lowest BCUT2D eigenvalue weighted by Crippen LogP contribution is -1.91. The van der Waals surface area contributed by atoms with Gasteiger partial charge in [0.2, 0.25) is 4.96 Å². The summed E-state index contributed by atoms with van der Waals surface area (Å²) < 4.78 is 3.42. The SMILES string of the molecule is c1ccc(CCSc2nnc3sc4ccccc4n23)cc1. The van der Waals surface area contributed by atoms with Crippen LogP contribution in [0.1, 0.15) is 5.56 Å². The van der Waals surface area contributed by atoms with Crippen LogP contribution in [0.15, 0.2) is 59.8 Å². The van der Waals surface area contributed by atoms with Gasteiger partial charge in [0.1, 0.15) is 0 Å². The van der Waals surface area contributed by atoms with Crippen molar-refractivity contribution < 1.29 is 0 Å². The summed E-state index contributed by atoms with van der Waals surface area (Å²) in [5.74, 6) is 1.01. The zero-order chi connectivity index (χ0) is 14.1. The zero-order valence-electron chi connectivity index (χ0n) is 11.3. The maximum Gasteiger partial charge on any atom is 0.217 e. The molecule has 0 unspecified atom stereocenters. The molecule has 0 spiro atoms. The fraction of sp³-hybridized carbons (Fsp3) is 0.125. The summed E-state index contributed by atoms with van der Waals surface area (Å²) in [4.78, 5) is 0.971. The van der Waals surface area contributed by atoms with Crippen LogP contribution in [0.3, 0.4) is 0 Å². The van der Waals surface area contributed by atoms with Gasteiger partial charge in [-0.1, -0.05) is 65.6 Å². The topological polar surface area (TPSA) is 30.2 Å². The lowest BCUT2D eigenvalue weighted by molar-refractivity contribution is 0.938. The molecular weight excluding hydrogens is 298 g/mol. The van der Waals surface area contributed by atoms with E-state index in [1.165, 1.54) is 15.8 Å². The molecule has 2 heterocycles. The van der Waals surface area contributed by atoms with Crippen LogP contribution in [0.5, 0.6) is 0 Å². The van der Waals surface area contributed by atoms with Gasteiger partial charge in [-0.2, -0.15) is 0 Å². The van der Waals surface area contributed by atoms with Gasteiger partial charge in [-0.05, 0) is 24.1 Å². The summed E-state index contributed by atoms with van der Waals surface area (Å²) in [5, 5.41) is 9.60. The molecule has 2 aromatic carbocycles. The van der Waals surface area contributed by atoms with Crippen LogP contribution >= 0.6 is 23.1 Å². The molecule has 0 aliphatic carbocycles. The minimum atomic E-state index is 0.971. The highest BCUT2D eigenvalue weighted by molar-refractivity contribution is 7.99. The third-order valence-electron chi connectivity index (χ3n) is 3.38. The van der Waals surface area contributed by atoms with Crippen LogP contribution in [0.25, 0.3) is 15.2 Å². The van der Waals surface area contributed by atoms with Gasteiger partial charge in [0, 0.05) is 5.75 Å². The van der Waals surface area contributed by atoms with Crippen molar-refractivity contribution in [2.45, 2.75) is 11.6 Å². The maximum absolute atomic E-state index is 4.32. The van der Waals surface area contributed by atoms with E-state index in [0.29, 0.717) is 0 Å². The van der Waals surface area contributed by atoms with E-state index in [1.54, 1.807) is 23.1 Å². The molecular formula is C16H13N3S2. The second-order valence-corrected chi connectivity index (χ2v) is 6.83. The third kappa shape index (κ3) is 2.43. The fourth-order valence-electron chi connectivity index (χ4n) is 2.35. The lowest BCUT2D eigenvalue weighted by Gasteiger charge is -2.00. The Kier molecular flexibility index (Phi) is 3.37. The lowest BCUT2D eigenvalue weighted by atomic mass is 10.2. The number of thioether (sulfide) groups is 1. The van der Waals surface area contributed by atoms with Gasteiger partial charge >= 0.3 is 0 Å². The van der Waals surface area contributed by atoms with Crippen molar-refractivity contribution in [3.63, 3.8) is 0 Å². The largest absolute Gasteiger partial charge is 0.260 e. The van der Waals surface area contributed by atoms with Crippen molar-refractivity contribution in [2.24, 2.45) is 0 Å². The molecule has 0 aliphatic rings. The first-order chi connectivity index (χ1) is 10.4. The number of hydrogen-bond donors (Lipinski definition) is 0. The highest BCUT2D eigenvalue weighted by Crippen LogP contribution is 2.29. The molecule has 0 atom stereocenters. The van der Waals surface area contributed by atoms with Crippen molar-refractivity contribution in [1.29, 1.82) is 0 Å². The van der Waals surface area contributed by atoms with Gasteiger partial charge in [0.25, 0.3) is 0 Å². The Balaban J connectivity index is 1.59. The van der Waals surface area contributed by atoms with E-state index in [0.717, 1.165) is 22.3 Å². The number of hydrogen-bond acceptors (Lipinski definition) is 4. The molecule has 0 fully saturated rings. The molecule has 104 valence electrons.